The second-order valence-electron chi connectivity index (χ2n) is 9.48. The van der Waals surface area contributed by atoms with E-state index >= 15 is 0 Å². The fourth-order valence-electron chi connectivity index (χ4n) is 2.71. The standard InChI is InChI=1S/C18H2F32O4/c19-1(20)5(23,24)9(31,32)13(39,40)17(47,48)15(43,44)11(35,36)7(27,28)3(51)53-54-4(52)8(29,30)12(37,38)16(45,46)18(49,50)14(41,42)10(33,34)6(25,26)2(21)22/h1-2H. The van der Waals surface area contributed by atoms with Gasteiger partial charge >= 0.3 is 108 Å². The quantitative estimate of drug-likeness (QED) is 0.0882. The van der Waals surface area contributed by atoms with Crippen molar-refractivity contribution in [1.29, 1.82) is 0 Å². The molecular formula is C18H2F32O4. The molecule has 0 saturated heterocycles. The van der Waals surface area contributed by atoms with Crippen LogP contribution in [-0.4, -0.2) is 108 Å². The number of hydrogen-bond acceptors (Lipinski definition) is 4. The van der Waals surface area contributed by atoms with Gasteiger partial charge in [0.05, 0.1) is 0 Å². The first kappa shape index (κ1) is 50.7. The number of carbonyl (C=O) groups excluding carboxylic acids is 2. The van der Waals surface area contributed by atoms with Crippen LogP contribution in [0.4, 0.5) is 140 Å². The van der Waals surface area contributed by atoms with Gasteiger partial charge in [0, 0.05) is 0 Å². The maximum Gasteiger partial charge on any atom is 0.431 e. The van der Waals surface area contributed by atoms with Crippen LogP contribution in [0.25, 0.3) is 0 Å². The highest BCUT2D eigenvalue weighted by molar-refractivity contribution is 5.82. The summed E-state index contributed by atoms with van der Waals surface area (Å²) in [4.78, 5) is 25.1. The average molecular weight is 890 g/mol. The topological polar surface area (TPSA) is 52.6 Å². The lowest BCUT2D eigenvalue weighted by Crippen LogP contribution is -2.74. The normalized spacial score (nSPS) is 16.3. The van der Waals surface area contributed by atoms with Crippen molar-refractivity contribution >= 4 is 11.9 Å². The summed E-state index contributed by atoms with van der Waals surface area (Å²) < 4.78 is 423. The van der Waals surface area contributed by atoms with Crippen LogP contribution in [0, 0.1) is 0 Å². The summed E-state index contributed by atoms with van der Waals surface area (Å²) in [6.07, 6.45) is -12.6. The highest BCUT2D eigenvalue weighted by Gasteiger charge is 2.96. The van der Waals surface area contributed by atoms with Crippen LogP contribution in [0.2, 0.25) is 0 Å². The first-order valence-corrected chi connectivity index (χ1v) is 11.2. The van der Waals surface area contributed by atoms with Gasteiger partial charge in [-0.2, -0.15) is 123 Å². The van der Waals surface area contributed by atoms with Crippen LogP contribution >= 0.6 is 0 Å². The van der Waals surface area contributed by atoms with Gasteiger partial charge in [-0.3, -0.25) is 0 Å². The first-order valence-electron chi connectivity index (χ1n) is 11.2. The van der Waals surface area contributed by atoms with E-state index in [9.17, 15) is 150 Å². The van der Waals surface area contributed by atoms with Gasteiger partial charge in [-0.15, -0.1) is 0 Å². The highest BCUT2D eigenvalue weighted by Crippen LogP contribution is 2.65. The Morgan fingerprint density at radius 2 is 0.426 bits per heavy atom. The van der Waals surface area contributed by atoms with Crippen molar-refractivity contribution in [3.05, 3.63) is 0 Å². The number of carbonyl (C=O) groups is 2. The van der Waals surface area contributed by atoms with Crippen molar-refractivity contribution in [3.8, 4) is 0 Å². The van der Waals surface area contributed by atoms with Gasteiger partial charge in [-0.25, -0.2) is 36.9 Å². The summed E-state index contributed by atoms with van der Waals surface area (Å²) in [7, 11) is 0. The third-order valence-corrected chi connectivity index (χ3v) is 6.03. The van der Waals surface area contributed by atoms with E-state index < -0.39 is 108 Å². The summed E-state index contributed by atoms with van der Waals surface area (Å²) in [5.41, 5.74) is 0. The maximum absolute atomic E-state index is 13.7. The predicted octanol–water partition coefficient (Wildman–Crippen LogP) is 9.41. The van der Waals surface area contributed by atoms with Crippen molar-refractivity contribution in [3.63, 3.8) is 0 Å². The summed E-state index contributed by atoms with van der Waals surface area (Å²) in [5.74, 6) is -135. The zero-order valence-corrected chi connectivity index (χ0v) is 22.9. The number of alkyl halides is 32. The summed E-state index contributed by atoms with van der Waals surface area (Å²) in [6.45, 7) is 0. The summed E-state index contributed by atoms with van der Waals surface area (Å²) >= 11 is 0. The fraction of sp³-hybridized carbons (Fsp3) is 0.889. The van der Waals surface area contributed by atoms with Crippen molar-refractivity contribution in [1.82, 2.24) is 0 Å². The Labute approximate surface area is 269 Å². The Kier molecular flexibility index (Phi) is 12.3. The zero-order chi connectivity index (χ0) is 44.7. The minimum absolute atomic E-state index is 1.63. The minimum Gasteiger partial charge on any atom is -0.240 e. The highest BCUT2D eigenvalue weighted by atomic mass is 19.4. The van der Waals surface area contributed by atoms with Gasteiger partial charge in [-0.05, 0) is 0 Å². The molecule has 0 unspecified atom stereocenters. The second kappa shape index (κ2) is 13.1. The molecule has 0 aromatic heterocycles. The molecule has 0 aromatic rings. The second-order valence-corrected chi connectivity index (χ2v) is 9.48. The SMILES string of the molecule is O=C(OOC(=O)C(F)(F)C(F)(F)C(F)(F)C(F)(F)C(F)(F)C(F)(F)C(F)(F)C(F)F)C(F)(F)C(F)(F)C(F)(F)C(F)(F)C(F)(F)C(F)(F)C(F)(F)C(F)F. The minimum atomic E-state index is -9.28. The molecule has 0 atom stereocenters. The molecule has 0 saturated carbocycles. The Bertz CT molecular complexity index is 1290. The largest absolute Gasteiger partial charge is 0.431 e. The molecular weight excluding hydrogens is 888 g/mol. The van der Waals surface area contributed by atoms with Crippen LogP contribution in [0.3, 0.4) is 0 Å². The first-order chi connectivity index (χ1) is 22.9. The number of hydrogen-bond donors (Lipinski definition) is 0. The summed E-state index contributed by atoms with van der Waals surface area (Å²) in [6, 6.07) is 0. The molecule has 54 heavy (non-hydrogen) atoms. The Hall–Kier alpha value is -3.30. The monoisotopic (exact) mass is 890 g/mol. The van der Waals surface area contributed by atoms with E-state index in [1.54, 1.807) is 9.78 Å². The van der Waals surface area contributed by atoms with E-state index in [1.165, 1.54) is 0 Å². The van der Waals surface area contributed by atoms with Crippen LogP contribution in [0.5, 0.6) is 0 Å². The molecule has 0 bridgehead atoms. The molecule has 0 aromatic carbocycles. The molecule has 0 fully saturated rings. The molecule has 0 amide bonds. The van der Waals surface area contributed by atoms with E-state index in [0.717, 1.165) is 0 Å². The van der Waals surface area contributed by atoms with Crippen LogP contribution < -0.4 is 0 Å². The van der Waals surface area contributed by atoms with Crippen LogP contribution in [-0.2, 0) is 19.4 Å². The predicted molar refractivity (Wildman–Crippen MR) is 93.5 cm³/mol. The van der Waals surface area contributed by atoms with Crippen LogP contribution in [0.15, 0.2) is 0 Å². The van der Waals surface area contributed by atoms with Gasteiger partial charge in [0.1, 0.15) is 0 Å². The molecule has 0 rings (SSSR count). The number of rotatable bonds is 16. The maximum atomic E-state index is 13.7. The Morgan fingerprint density at radius 1 is 0.278 bits per heavy atom. The third-order valence-electron chi connectivity index (χ3n) is 6.03. The van der Waals surface area contributed by atoms with Gasteiger partial charge in [0.25, 0.3) is 0 Å². The van der Waals surface area contributed by atoms with E-state index in [0.29, 0.717) is 0 Å². The van der Waals surface area contributed by atoms with Crippen molar-refractivity contribution in [2.45, 2.75) is 95.8 Å². The third kappa shape index (κ3) is 6.20. The van der Waals surface area contributed by atoms with Crippen molar-refractivity contribution < 1.29 is 160 Å². The average Bonchev–Trinajstić information content (AvgIpc) is 2.97. The van der Waals surface area contributed by atoms with Gasteiger partial charge < -0.3 is 0 Å². The molecule has 0 radical (unpaired) electrons. The molecule has 0 N–H and O–H groups in total. The molecule has 322 valence electrons. The molecule has 0 aliphatic heterocycles. The van der Waals surface area contributed by atoms with E-state index in [1.807, 2.05) is 0 Å². The van der Waals surface area contributed by atoms with Gasteiger partial charge in [0.15, 0.2) is 0 Å². The van der Waals surface area contributed by atoms with Gasteiger partial charge in [-0.1, -0.05) is 0 Å². The van der Waals surface area contributed by atoms with Crippen LogP contribution in [0.1, 0.15) is 0 Å². The van der Waals surface area contributed by atoms with Gasteiger partial charge in [0.2, 0.25) is 0 Å². The molecule has 0 aliphatic rings. The van der Waals surface area contributed by atoms with Crippen molar-refractivity contribution in [2.75, 3.05) is 0 Å². The Morgan fingerprint density at radius 3 is 0.593 bits per heavy atom. The van der Waals surface area contributed by atoms with E-state index in [2.05, 4.69) is 0 Å². The molecule has 4 nitrogen and oxygen atoms in total. The molecule has 0 heterocycles. The summed E-state index contributed by atoms with van der Waals surface area (Å²) in [5, 5.41) is 0. The lowest BCUT2D eigenvalue weighted by molar-refractivity contribution is -0.447. The Balaban J connectivity index is 6.83. The molecule has 0 aliphatic carbocycles. The molecule has 0 spiro atoms. The number of halogens is 32. The van der Waals surface area contributed by atoms with E-state index in [4.69, 9.17) is 0 Å². The van der Waals surface area contributed by atoms with E-state index in [-0.39, 0.29) is 0 Å². The fourth-order valence-corrected chi connectivity index (χ4v) is 2.71. The van der Waals surface area contributed by atoms with Crippen molar-refractivity contribution in [2.24, 2.45) is 0 Å². The lowest BCUT2D eigenvalue weighted by Gasteiger charge is -2.42. The smallest absolute Gasteiger partial charge is 0.240 e. The molecule has 36 heteroatoms. The zero-order valence-electron chi connectivity index (χ0n) is 22.9. The lowest BCUT2D eigenvalue weighted by atomic mass is 9.89.